The van der Waals surface area contributed by atoms with Gasteiger partial charge in [0.05, 0.1) is 0 Å². The summed E-state index contributed by atoms with van der Waals surface area (Å²) in [6, 6.07) is 11.2. The fraction of sp³-hybridized carbons (Fsp3) is 0.368. The first kappa shape index (κ1) is 18.7. The summed E-state index contributed by atoms with van der Waals surface area (Å²) in [7, 11) is -3.71. The van der Waals surface area contributed by atoms with Crippen molar-refractivity contribution in [2.45, 2.75) is 25.4 Å². The van der Waals surface area contributed by atoms with E-state index < -0.39 is 10.0 Å². The van der Waals surface area contributed by atoms with E-state index in [2.05, 4.69) is 39.4 Å². The molecule has 28 heavy (non-hydrogen) atoms. The Morgan fingerprint density at radius 3 is 2.32 bits per heavy atom. The van der Waals surface area contributed by atoms with Gasteiger partial charge in [0.25, 0.3) is 15.9 Å². The van der Waals surface area contributed by atoms with E-state index in [0.717, 1.165) is 5.69 Å². The molecule has 2 aromatic heterocycles. The summed E-state index contributed by atoms with van der Waals surface area (Å²) in [5, 5.41) is 7.65. The minimum atomic E-state index is -3.71. The molecule has 1 saturated heterocycles. The number of furan rings is 1. The van der Waals surface area contributed by atoms with Crippen molar-refractivity contribution in [3.8, 4) is 11.7 Å². The van der Waals surface area contributed by atoms with Crippen LogP contribution in [0.5, 0.6) is 0 Å². The molecule has 0 spiro atoms. The Bertz CT molecular complexity index is 1050. The van der Waals surface area contributed by atoms with Crippen LogP contribution in [-0.2, 0) is 16.4 Å². The molecule has 1 aromatic carbocycles. The van der Waals surface area contributed by atoms with Gasteiger partial charge in [-0.25, -0.2) is 8.42 Å². The third-order valence-electron chi connectivity index (χ3n) is 4.79. The van der Waals surface area contributed by atoms with Crippen molar-refractivity contribution in [1.82, 2.24) is 14.5 Å². The maximum absolute atomic E-state index is 12.9. The van der Waals surface area contributed by atoms with Crippen LogP contribution in [0.1, 0.15) is 18.4 Å². The molecule has 0 unspecified atom stereocenters. The Balaban J connectivity index is 1.46. The van der Waals surface area contributed by atoms with E-state index in [0.29, 0.717) is 38.5 Å². The Morgan fingerprint density at radius 1 is 0.964 bits per heavy atom. The number of hydrogen-bond donors (Lipinski definition) is 0. The second-order valence-electron chi connectivity index (χ2n) is 6.70. The van der Waals surface area contributed by atoms with E-state index >= 15 is 0 Å². The monoisotopic (exact) mass is 402 g/mol. The lowest BCUT2D eigenvalue weighted by molar-refractivity contribution is 0.361. The van der Waals surface area contributed by atoms with Crippen LogP contribution in [0, 0.1) is 6.92 Å². The van der Waals surface area contributed by atoms with Crippen LogP contribution in [0.15, 0.2) is 50.3 Å². The Morgan fingerprint density at radius 2 is 1.68 bits per heavy atom. The van der Waals surface area contributed by atoms with Crippen molar-refractivity contribution < 1.29 is 17.3 Å². The fourth-order valence-electron chi connectivity index (χ4n) is 3.14. The lowest BCUT2D eigenvalue weighted by Crippen LogP contribution is -2.48. The van der Waals surface area contributed by atoms with Gasteiger partial charge in [-0.05, 0) is 31.2 Å². The van der Waals surface area contributed by atoms with Crippen LogP contribution in [0.3, 0.4) is 0 Å². The Kier molecular flexibility index (Phi) is 4.94. The maximum atomic E-state index is 12.9. The quantitative estimate of drug-likeness (QED) is 0.648. The van der Waals surface area contributed by atoms with Crippen LogP contribution in [0.25, 0.3) is 11.7 Å². The predicted octanol–water partition coefficient (Wildman–Crippen LogP) is 2.71. The van der Waals surface area contributed by atoms with E-state index in [1.165, 1.54) is 15.9 Å². The van der Waals surface area contributed by atoms with Gasteiger partial charge < -0.3 is 13.7 Å². The second-order valence-corrected chi connectivity index (χ2v) is 8.57. The topological polar surface area (TPSA) is 92.7 Å². The molecule has 0 N–H and O–H groups in total. The summed E-state index contributed by atoms with van der Waals surface area (Å²) >= 11 is 0. The van der Waals surface area contributed by atoms with Crippen molar-refractivity contribution in [3.63, 3.8) is 0 Å². The summed E-state index contributed by atoms with van der Waals surface area (Å²) in [6.45, 7) is 5.98. The predicted molar refractivity (Wildman–Crippen MR) is 104 cm³/mol. The standard InChI is InChI=1S/C19H22N4O4S/c1-3-17-20-21-19(27-17)16-8-9-18(26-16)28(24,25)23-12-10-22(11-13-23)15-6-4-14(2)5-7-15/h4-9H,3,10-13H2,1-2H3. The van der Waals surface area contributed by atoms with Gasteiger partial charge in [-0.15, -0.1) is 10.2 Å². The van der Waals surface area contributed by atoms with E-state index in [1.807, 2.05) is 13.8 Å². The number of rotatable bonds is 5. The van der Waals surface area contributed by atoms with Gasteiger partial charge in [-0.1, -0.05) is 24.6 Å². The molecule has 1 aliphatic rings. The molecule has 8 nitrogen and oxygen atoms in total. The summed E-state index contributed by atoms with van der Waals surface area (Å²) < 4.78 is 38.3. The highest BCUT2D eigenvalue weighted by Gasteiger charge is 2.31. The van der Waals surface area contributed by atoms with Crippen molar-refractivity contribution in [2.75, 3.05) is 31.1 Å². The number of piperazine rings is 1. The third-order valence-corrected chi connectivity index (χ3v) is 6.57. The molecule has 0 saturated carbocycles. The van der Waals surface area contributed by atoms with Crippen LogP contribution in [-0.4, -0.2) is 49.1 Å². The van der Waals surface area contributed by atoms with Gasteiger partial charge in [0.2, 0.25) is 11.0 Å². The van der Waals surface area contributed by atoms with Crippen LogP contribution < -0.4 is 4.90 Å². The number of aryl methyl sites for hydroxylation is 2. The van der Waals surface area contributed by atoms with Gasteiger partial charge in [0.15, 0.2) is 5.76 Å². The molecular formula is C19H22N4O4S. The highest BCUT2D eigenvalue weighted by molar-refractivity contribution is 7.89. The first-order chi connectivity index (χ1) is 13.5. The summed E-state index contributed by atoms with van der Waals surface area (Å²) in [4.78, 5) is 2.18. The lowest BCUT2D eigenvalue weighted by atomic mass is 10.2. The van der Waals surface area contributed by atoms with Gasteiger partial charge in [-0.3, -0.25) is 0 Å². The first-order valence-corrected chi connectivity index (χ1v) is 10.7. The first-order valence-electron chi connectivity index (χ1n) is 9.21. The Labute approximate surface area is 163 Å². The molecule has 1 aliphatic heterocycles. The maximum Gasteiger partial charge on any atom is 0.283 e. The summed E-state index contributed by atoms with van der Waals surface area (Å²) in [6.07, 6.45) is 0.601. The van der Waals surface area contributed by atoms with Gasteiger partial charge in [-0.2, -0.15) is 4.31 Å². The van der Waals surface area contributed by atoms with Crippen LogP contribution in [0.4, 0.5) is 5.69 Å². The zero-order valence-electron chi connectivity index (χ0n) is 15.8. The highest BCUT2D eigenvalue weighted by Crippen LogP contribution is 2.27. The Hall–Kier alpha value is -2.65. The average molecular weight is 402 g/mol. The minimum absolute atomic E-state index is 0.109. The van der Waals surface area contributed by atoms with Gasteiger partial charge >= 0.3 is 0 Å². The van der Waals surface area contributed by atoms with Crippen molar-refractivity contribution in [2.24, 2.45) is 0 Å². The summed E-state index contributed by atoms with van der Waals surface area (Å²) in [5.41, 5.74) is 2.30. The zero-order chi connectivity index (χ0) is 19.7. The molecular weight excluding hydrogens is 380 g/mol. The number of hydrogen-bond acceptors (Lipinski definition) is 7. The van der Waals surface area contributed by atoms with Crippen LogP contribution in [0.2, 0.25) is 0 Å². The smallest absolute Gasteiger partial charge is 0.283 e. The van der Waals surface area contributed by atoms with E-state index in [4.69, 9.17) is 8.83 Å². The van der Waals surface area contributed by atoms with Crippen molar-refractivity contribution >= 4 is 15.7 Å². The zero-order valence-corrected chi connectivity index (χ0v) is 16.6. The average Bonchev–Trinajstić information content (AvgIpc) is 3.38. The SMILES string of the molecule is CCc1nnc(-c2ccc(S(=O)(=O)N3CCN(c4ccc(C)cc4)CC3)o2)o1. The number of nitrogens with zero attached hydrogens (tertiary/aromatic N) is 4. The minimum Gasteiger partial charge on any atom is -0.438 e. The third kappa shape index (κ3) is 3.55. The largest absolute Gasteiger partial charge is 0.438 e. The number of benzene rings is 1. The van der Waals surface area contributed by atoms with Crippen LogP contribution >= 0.6 is 0 Å². The molecule has 3 heterocycles. The van der Waals surface area contributed by atoms with Crippen molar-refractivity contribution in [1.29, 1.82) is 0 Å². The number of sulfonamides is 1. The molecule has 9 heteroatoms. The molecule has 0 amide bonds. The molecule has 0 aliphatic carbocycles. The summed E-state index contributed by atoms with van der Waals surface area (Å²) in [5.74, 6) is 0.912. The molecule has 3 aromatic rings. The van der Waals surface area contributed by atoms with Crippen molar-refractivity contribution in [3.05, 3.63) is 47.9 Å². The molecule has 0 atom stereocenters. The molecule has 0 bridgehead atoms. The van der Waals surface area contributed by atoms with E-state index in [9.17, 15) is 8.42 Å². The fourth-order valence-corrected chi connectivity index (χ4v) is 4.47. The van der Waals surface area contributed by atoms with E-state index in [1.54, 1.807) is 6.07 Å². The van der Waals surface area contributed by atoms with Gasteiger partial charge in [0.1, 0.15) is 0 Å². The molecule has 4 rings (SSSR count). The van der Waals surface area contributed by atoms with Gasteiger partial charge in [0, 0.05) is 38.3 Å². The number of anilines is 1. The molecule has 148 valence electrons. The second kappa shape index (κ2) is 7.40. The molecule has 1 fully saturated rings. The van der Waals surface area contributed by atoms with E-state index in [-0.39, 0.29) is 16.7 Å². The normalized spacial score (nSPS) is 15.9. The lowest BCUT2D eigenvalue weighted by Gasteiger charge is -2.34. The molecule has 0 radical (unpaired) electrons. The highest BCUT2D eigenvalue weighted by atomic mass is 32.2. The number of aromatic nitrogens is 2.